The molecule has 0 spiro atoms. The Labute approximate surface area is 113 Å². The van der Waals surface area contributed by atoms with E-state index in [1.54, 1.807) is 24.3 Å². The first kappa shape index (κ1) is 14.3. The predicted octanol–water partition coefficient (Wildman–Crippen LogP) is 3.97. The van der Waals surface area contributed by atoms with Crippen LogP contribution in [0.25, 0.3) is 0 Å². The lowest BCUT2D eigenvalue weighted by Gasteiger charge is -2.21. The van der Waals surface area contributed by atoms with Crippen LogP contribution >= 0.6 is 0 Å². The van der Waals surface area contributed by atoms with Gasteiger partial charge in [-0.15, -0.1) is 0 Å². The molecule has 0 aliphatic heterocycles. The fourth-order valence-electron chi connectivity index (χ4n) is 1.85. The maximum Gasteiger partial charge on any atom is 0.253 e. The van der Waals surface area contributed by atoms with E-state index in [9.17, 15) is 17.6 Å². The molecule has 0 aliphatic carbocycles. The average molecular weight is 284 g/mol. The topological polar surface area (TPSA) is 16.1 Å². The average Bonchev–Trinajstić information content (AvgIpc) is 2.45. The van der Waals surface area contributed by atoms with Crippen LogP contribution in [0.5, 0.6) is 0 Å². The Hall–Kier alpha value is -2.11. The number of aromatic nitrogens is 1. The first-order chi connectivity index (χ1) is 9.45. The summed E-state index contributed by atoms with van der Waals surface area (Å²) < 4.78 is 53.5. The van der Waals surface area contributed by atoms with Gasteiger partial charge in [-0.1, -0.05) is 19.1 Å². The molecule has 0 N–H and O–H groups in total. The molecule has 0 amide bonds. The van der Waals surface area contributed by atoms with Crippen LogP contribution in [0.4, 0.5) is 28.9 Å². The van der Waals surface area contributed by atoms with Crippen LogP contribution in [-0.2, 0) is 6.42 Å². The fourth-order valence-corrected chi connectivity index (χ4v) is 1.85. The first-order valence-electron chi connectivity index (χ1n) is 5.98. The molecule has 2 aromatic rings. The van der Waals surface area contributed by atoms with Crippen molar-refractivity contribution < 1.29 is 17.6 Å². The van der Waals surface area contributed by atoms with Gasteiger partial charge < -0.3 is 4.90 Å². The van der Waals surface area contributed by atoms with Crippen molar-refractivity contribution in [2.75, 3.05) is 11.9 Å². The van der Waals surface area contributed by atoms with Gasteiger partial charge in [-0.3, -0.25) is 0 Å². The minimum atomic E-state index is -1.67. The van der Waals surface area contributed by atoms with Gasteiger partial charge in [-0.2, -0.15) is 22.5 Å². The zero-order valence-corrected chi connectivity index (χ0v) is 10.9. The summed E-state index contributed by atoms with van der Waals surface area (Å²) in [7, 11) is 1.32. The Morgan fingerprint density at radius 3 is 1.90 bits per heavy atom. The molecule has 1 aromatic heterocycles. The molecule has 2 rings (SSSR count). The summed E-state index contributed by atoms with van der Waals surface area (Å²) in [5.74, 6) is -6.39. The van der Waals surface area contributed by atoms with Crippen molar-refractivity contribution in [3.63, 3.8) is 0 Å². The maximum absolute atomic E-state index is 13.6. The van der Waals surface area contributed by atoms with Gasteiger partial charge >= 0.3 is 0 Å². The van der Waals surface area contributed by atoms with Gasteiger partial charge in [0.15, 0.2) is 0 Å². The highest BCUT2D eigenvalue weighted by Gasteiger charge is 2.24. The van der Waals surface area contributed by atoms with Crippen molar-refractivity contribution in [1.29, 1.82) is 0 Å². The summed E-state index contributed by atoms with van der Waals surface area (Å²) in [6.07, 6.45) is 0.811. The zero-order valence-electron chi connectivity index (χ0n) is 10.9. The summed E-state index contributed by atoms with van der Waals surface area (Å²) in [5.41, 5.74) is 0.638. The lowest BCUT2D eigenvalue weighted by molar-refractivity contribution is 0.409. The van der Waals surface area contributed by atoms with Gasteiger partial charge in [-0.05, 0) is 24.1 Å². The van der Waals surface area contributed by atoms with Crippen LogP contribution in [0, 0.1) is 23.5 Å². The Bertz CT molecular complexity index is 600. The van der Waals surface area contributed by atoms with E-state index in [4.69, 9.17) is 0 Å². The number of hydrogen-bond donors (Lipinski definition) is 0. The molecule has 1 heterocycles. The molecule has 0 aliphatic rings. The Morgan fingerprint density at radius 1 is 0.950 bits per heavy atom. The van der Waals surface area contributed by atoms with Crippen LogP contribution in [0.3, 0.4) is 0 Å². The smallest absolute Gasteiger partial charge is 0.253 e. The van der Waals surface area contributed by atoms with E-state index in [1.165, 1.54) is 7.05 Å². The SMILES string of the molecule is CCc1ccc(N(C)c2c(F)c(F)nc(F)c2F)cc1. The highest BCUT2D eigenvalue weighted by Crippen LogP contribution is 2.30. The minimum Gasteiger partial charge on any atom is -0.340 e. The normalized spacial score (nSPS) is 10.7. The van der Waals surface area contributed by atoms with E-state index in [0.29, 0.717) is 5.69 Å². The third kappa shape index (κ3) is 2.45. The molecule has 106 valence electrons. The Morgan fingerprint density at radius 2 is 1.45 bits per heavy atom. The van der Waals surface area contributed by atoms with Gasteiger partial charge in [0.1, 0.15) is 5.69 Å². The summed E-state index contributed by atoms with van der Waals surface area (Å²) >= 11 is 0. The van der Waals surface area contributed by atoms with Crippen molar-refractivity contribution in [2.24, 2.45) is 0 Å². The second-order valence-electron chi connectivity index (χ2n) is 4.25. The molecule has 0 bridgehead atoms. The Balaban J connectivity index is 2.49. The van der Waals surface area contributed by atoms with Gasteiger partial charge in [0.25, 0.3) is 11.9 Å². The number of rotatable bonds is 3. The van der Waals surface area contributed by atoms with E-state index in [2.05, 4.69) is 4.98 Å². The molecule has 6 heteroatoms. The summed E-state index contributed by atoms with van der Waals surface area (Å²) in [4.78, 5) is 3.57. The highest BCUT2D eigenvalue weighted by molar-refractivity contribution is 5.63. The van der Waals surface area contributed by atoms with Gasteiger partial charge in [0, 0.05) is 12.7 Å². The molecule has 0 fully saturated rings. The zero-order chi connectivity index (χ0) is 14.9. The molecule has 1 aromatic carbocycles. The van der Waals surface area contributed by atoms with Crippen LogP contribution < -0.4 is 4.90 Å². The van der Waals surface area contributed by atoms with E-state index in [0.717, 1.165) is 16.9 Å². The Kier molecular flexibility index (Phi) is 3.92. The maximum atomic E-state index is 13.6. The number of aryl methyl sites for hydroxylation is 1. The van der Waals surface area contributed by atoms with Crippen molar-refractivity contribution >= 4 is 11.4 Å². The van der Waals surface area contributed by atoms with Crippen molar-refractivity contribution in [3.8, 4) is 0 Å². The second-order valence-corrected chi connectivity index (χ2v) is 4.25. The van der Waals surface area contributed by atoms with Crippen molar-refractivity contribution in [3.05, 3.63) is 53.4 Å². The minimum absolute atomic E-state index is 0.407. The van der Waals surface area contributed by atoms with E-state index < -0.39 is 29.2 Å². The molecular formula is C14H12F4N2. The van der Waals surface area contributed by atoms with Crippen molar-refractivity contribution in [1.82, 2.24) is 4.98 Å². The van der Waals surface area contributed by atoms with E-state index in [1.807, 2.05) is 6.92 Å². The molecular weight excluding hydrogens is 272 g/mol. The molecule has 0 atom stereocenters. The van der Waals surface area contributed by atoms with Gasteiger partial charge in [0.05, 0.1) is 0 Å². The van der Waals surface area contributed by atoms with Crippen LogP contribution in [0.15, 0.2) is 24.3 Å². The summed E-state index contributed by atoms with van der Waals surface area (Å²) in [6, 6.07) is 6.78. The third-order valence-corrected chi connectivity index (χ3v) is 3.04. The molecule has 20 heavy (non-hydrogen) atoms. The number of anilines is 2. The molecule has 0 radical (unpaired) electrons. The third-order valence-electron chi connectivity index (χ3n) is 3.04. The monoisotopic (exact) mass is 284 g/mol. The number of pyridine rings is 1. The highest BCUT2D eigenvalue weighted by atomic mass is 19.2. The van der Waals surface area contributed by atoms with Gasteiger partial charge in [-0.25, -0.2) is 0 Å². The van der Waals surface area contributed by atoms with Crippen LogP contribution in [0.1, 0.15) is 12.5 Å². The van der Waals surface area contributed by atoms with Crippen LogP contribution in [0.2, 0.25) is 0 Å². The van der Waals surface area contributed by atoms with E-state index >= 15 is 0 Å². The molecule has 0 saturated heterocycles. The fraction of sp³-hybridized carbons (Fsp3) is 0.214. The number of nitrogens with zero attached hydrogens (tertiary/aromatic N) is 2. The predicted molar refractivity (Wildman–Crippen MR) is 68.0 cm³/mol. The standard InChI is InChI=1S/C14H12F4N2/c1-3-8-4-6-9(7-5-8)20(2)12-10(15)13(17)19-14(18)11(12)16/h4-7H,3H2,1-2H3. The molecule has 2 nitrogen and oxygen atoms in total. The van der Waals surface area contributed by atoms with Crippen LogP contribution in [-0.4, -0.2) is 12.0 Å². The lowest BCUT2D eigenvalue weighted by Crippen LogP contribution is -2.16. The second kappa shape index (κ2) is 5.48. The summed E-state index contributed by atoms with van der Waals surface area (Å²) in [5, 5.41) is 0. The molecule has 0 unspecified atom stereocenters. The largest absolute Gasteiger partial charge is 0.340 e. The number of halogens is 4. The number of benzene rings is 1. The first-order valence-corrected chi connectivity index (χ1v) is 5.98. The summed E-state index contributed by atoms with van der Waals surface area (Å²) in [6.45, 7) is 1.96. The number of hydrogen-bond acceptors (Lipinski definition) is 2. The van der Waals surface area contributed by atoms with Gasteiger partial charge in [0.2, 0.25) is 11.6 Å². The van der Waals surface area contributed by atoms with E-state index in [-0.39, 0.29) is 0 Å². The lowest BCUT2D eigenvalue weighted by atomic mass is 10.1. The molecule has 0 saturated carbocycles. The quantitative estimate of drug-likeness (QED) is 0.626. The van der Waals surface area contributed by atoms with Crippen molar-refractivity contribution in [2.45, 2.75) is 13.3 Å².